The van der Waals surface area contributed by atoms with Crippen molar-refractivity contribution in [1.29, 1.82) is 0 Å². The second-order valence-electron chi connectivity index (χ2n) is 9.93. The molecule has 1 aliphatic rings. The molecule has 7 heteroatoms. The van der Waals surface area contributed by atoms with Crippen LogP contribution in [0.3, 0.4) is 0 Å². The van der Waals surface area contributed by atoms with Crippen molar-refractivity contribution in [2.45, 2.75) is 76.7 Å². The van der Waals surface area contributed by atoms with Crippen LogP contribution in [-0.2, 0) is 5.85 Å². The Kier molecular flexibility index (Phi) is 6.87. The number of ether oxygens (including phenoxy) is 1. The van der Waals surface area contributed by atoms with Gasteiger partial charge in [0.15, 0.2) is 0 Å². The molecule has 0 heterocycles. The third-order valence-electron chi connectivity index (χ3n) is 5.86. The van der Waals surface area contributed by atoms with Crippen molar-refractivity contribution in [3.05, 3.63) is 47.0 Å². The molecule has 1 atom stereocenters. The minimum Gasteiger partial charge on any atom is -0.456 e. The van der Waals surface area contributed by atoms with Gasteiger partial charge in [-0.2, -0.15) is 0 Å². The number of rotatable bonds is 5. The fourth-order valence-corrected chi connectivity index (χ4v) is 4.89. The number of nitrogens with one attached hydrogen (secondary N) is 1. The van der Waals surface area contributed by atoms with Crippen LogP contribution >= 0.6 is 9.24 Å². The number of anilines is 2. The summed E-state index contributed by atoms with van der Waals surface area (Å²) in [6.45, 7) is 8.38. The molecule has 3 rings (SSSR count). The van der Waals surface area contributed by atoms with E-state index in [1.807, 2.05) is 31.2 Å². The molecule has 0 bridgehead atoms. The Balaban J connectivity index is 1.86. The van der Waals surface area contributed by atoms with E-state index in [2.05, 4.69) is 41.4 Å². The Hall–Kier alpha value is -1.85. The van der Waals surface area contributed by atoms with Gasteiger partial charge in [-0.1, -0.05) is 12.1 Å². The van der Waals surface area contributed by atoms with Gasteiger partial charge in [0.05, 0.1) is 5.56 Å². The Labute approximate surface area is 188 Å². The lowest BCUT2D eigenvalue weighted by Gasteiger charge is -2.31. The molecule has 0 amide bonds. The van der Waals surface area contributed by atoms with Crippen LogP contribution in [0.15, 0.2) is 30.3 Å². The van der Waals surface area contributed by atoms with Crippen molar-refractivity contribution in [1.82, 2.24) is 0 Å². The van der Waals surface area contributed by atoms with Gasteiger partial charge in [0, 0.05) is 29.0 Å². The van der Waals surface area contributed by atoms with Crippen molar-refractivity contribution in [3.8, 4) is 5.75 Å². The summed E-state index contributed by atoms with van der Waals surface area (Å²) in [5.74, 6) is -0.524. The first-order valence-electron chi connectivity index (χ1n) is 11.0. The van der Waals surface area contributed by atoms with Gasteiger partial charge < -0.3 is 21.5 Å². The number of nitrogens with two attached hydrogens (primary N) is 4. The molecule has 1 aliphatic carbocycles. The molecule has 0 saturated heterocycles. The van der Waals surface area contributed by atoms with E-state index in [4.69, 9.17) is 27.7 Å². The second kappa shape index (κ2) is 8.95. The fourth-order valence-electron chi connectivity index (χ4n) is 4.30. The van der Waals surface area contributed by atoms with Gasteiger partial charge in [0.2, 0.25) is 5.85 Å². The lowest BCUT2D eigenvalue weighted by Crippen LogP contribution is -2.53. The largest absolute Gasteiger partial charge is 0.456 e. The van der Waals surface area contributed by atoms with E-state index >= 15 is 0 Å². The predicted molar refractivity (Wildman–Crippen MR) is 135 cm³/mol. The van der Waals surface area contributed by atoms with Gasteiger partial charge in [-0.3, -0.25) is 11.5 Å². The third-order valence-corrected chi connectivity index (χ3v) is 6.32. The number of nitrogen functional groups attached to an aromatic ring is 1. The molecule has 0 aromatic heterocycles. The normalized spacial score (nSPS) is 19.9. The predicted octanol–water partition coefficient (Wildman–Crippen LogP) is 3.38. The highest BCUT2D eigenvalue weighted by atomic mass is 31.0. The number of hydrogen-bond acceptors (Lipinski definition) is 6. The Morgan fingerprint density at radius 1 is 1.03 bits per heavy atom. The van der Waals surface area contributed by atoms with Gasteiger partial charge in [-0.05, 0) is 87.9 Å². The summed E-state index contributed by atoms with van der Waals surface area (Å²) < 4.78 is 6.06. The molecule has 0 spiro atoms. The average Bonchev–Trinajstić information content (AvgIpc) is 2.62. The van der Waals surface area contributed by atoms with E-state index < -0.39 is 5.85 Å². The molecule has 0 radical (unpaired) electrons. The number of benzene rings is 2. The fraction of sp³-hybridized carbons (Fsp3) is 0.500. The molecule has 6 nitrogen and oxygen atoms in total. The molecule has 170 valence electrons. The van der Waals surface area contributed by atoms with Gasteiger partial charge in [0.1, 0.15) is 5.75 Å². The summed E-state index contributed by atoms with van der Waals surface area (Å²) in [4.78, 5) is 0. The standard InChI is InChI=1S/C24H38N5OP/c1-14-5-10-18(13-20(14)29-23(2,3)4)30-24(27,28)22-19(26)11-16(12-21(22)31)15-6-8-17(25)9-7-15/h5,10-13,15,17,29H,6-9,25-28,31H2,1-4H3. The van der Waals surface area contributed by atoms with E-state index in [0.29, 0.717) is 29.0 Å². The Morgan fingerprint density at radius 3 is 2.26 bits per heavy atom. The van der Waals surface area contributed by atoms with Crippen molar-refractivity contribution in [2.75, 3.05) is 11.1 Å². The van der Waals surface area contributed by atoms with Gasteiger partial charge in [0.25, 0.3) is 0 Å². The van der Waals surface area contributed by atoms with Crippen LogP contribution in [-0.4, -0.2) is 11.6 Å². The van der Waals surface area contributed by atoms with Crippen LogP contribution in [0.25, 0.3) is 0 Å². The van der Waals surface area contributed by atoms with Gasteiger partial charge >= 0.3 is 0 Å². The van der Waals surface area contributed by atoms with Crippen LogP contribution in [0.1, 0.15) is 69.1 Å². The lowest BCUT2D eigenvalue weighted by molar-refractivity contribution is 0.0827. The highest BCUT2D eigenvalue weighted by Crippen LogP contribution is 2.35. The van der Waals surface area contributed by atoms with E-state index in [1.54, 1.807) is 0 Å². The van der Waals surface area contributed by atoms with Crippen LogP contribution in [0, 0.1) is 6.92 Å². The molecule has 2 aromatic rings. The maximum absolute atomic E-state index is 6.46. The zero-order valence-corrected chi connectivity index (χ0v) is 20.3. The molecule has 31 heavy (non-hydrogen) atoms. The third kappa shape index (κ3) is 5.89. The van der Waals surface area contributed by atoms with Crippen molar-refractivity contribution < 1.29 is 4.74 Å². The molecule has 1 saturated carbocycles. The first-order chi connectivity index (χ1) is 14.4. The zero-order chi connectivity index (χ0) is 23.0. The van der Waals surface area contributed by atoms with Crippen LogP contribution in [0.5, 0.6) is 5.75 Å². The van der Waals surface area contributed by atoms with Crippen molar-refractivity contribution in [3.63, 3.8) is 0 Å². The molecular weight excluding hydrogens is 405 g/mol. The maximum Gasteiger partial charge on any atom is 0.242 e. The minimum atomic E-state index is -1.57. The molecule has 1 unspecified atom stereocenters. The molecule has 0 aliphatic heterocycles. The summed E-state index contributed by atoms with van der Waals surface area (Å²) in [6.07, 6.45) is 4.23. The average molecular weight is 444 g/mol. The molecule has 1 fully saturated rings. The molecule has 2 aromatic carbocycles. The van der Waals surface area contributed by atoms with Crippen molar-refractivity contribution >= 4 is 25.9 Å². The summed E-state index contributed by atoms with van der Waals surface area (Å²) in [7, 11) is 2.72. The highest BCUT2D eigenvalue weighted by Gasteiger charge is 2.31. The molecule has 9 N–H and O–H groups in total. The van der Waals surface area contributed by atoms with E-state index in [-0.39, 0.29) is 5.54 Å². The van der Waals surface area contributed by atoms with E-state index in [1.165, 1.54) is 5.56 Å². The van der Waals surface area contributed by atoms with Crippen LogP contribution < -0.4 is 38.3 Å². The minimum absolute atomic E-state index is 0.0809. The highest BCUT2D eigenvalue weighted by molar-refractivity contribution is 7.27. The summed E-state index contributed by atoms with van der Waals surface area (Å²) in [6, 6.07) is 10.2. The summed E-state index contributed by atoms with van der Waals surface area (Å²) in [5.41, 5.74) is 29.8. The summed E-state index contributed by atoms with van der Waals surface area (Å²) >= 11 is 0. The van der Waals surface area contributed by atoms with Gasteiger partial charge in [-0.25, -0.2) is 0 Å². The maximum atomic E-state index is 6.46. The van der Waals surface area contributed by atoms with Crippen molar-refractivity contribution in [2.24, 2.45) is 17.2 Å². The molecular formula is C24H38N5OP. The lowest BCUT2D eigenvalue weighted by atomic mass is 9.81. The SMILES string of the molecule is Cc1ccc(OC(N)(N)c2c(N)cc(C3CCC(N)CC3)cc2P)cc1NC(C)(C)C. The number of hydrogen-bond donors (Lipinski definition) is 5. The first-order valence-corrected chi connectivity index (χ1v) is 11.5. The van der Waals surface area contributed by atoms with E-state index in [0.717, 1.165) is 42.2 Å². The Morgan fingerprint density at radius 2 is 1.68 bits per heavy atom. The smallest absolute Gasteiger partial charge is 0.242 e. The van der Waals surface area contributed by atoms with E-state index in [9.17, 15) is 0 Å². The second-order valence-corrected chi connectivity index (χ2v) is 10.6. The Bertz CT molecular complexity index is 907. The monoisotopic (exact) mass is 443 g/mol. The quantitative estimate of drug-likeness (QED) is 0.274. The summed E-state index contributed by atoms with van der Waals surface area (Å²) in [5, 5.41) is 4.34. The van der Waals surface area contributed by atoms with Gasteiger partial charge in [-0.15, -0.1) is 9.24 Å². The topological polar surface area (TPSA) is 125 Å². The first kappa shape index (κ1) is 23.8. The number of aryl methyl sites for hydroxylation is 1. The van der Waals surface area contributed by atoms with Crippen LogP contribution in [0.2, 0.25) is 0 Å². The van der Waals surface area contributed by atoms with Crippen LogP contribution in [0.4, 0.5) is 11.4 Å². The zero-order valence-electron chi connectivity index (χ0n) is 19.2.